The van der Waals surface area contributed by atoms with Crippen LogP contribution in [0.3, 0.4) is 0 Å². The Labute approximate surface area is 141 Å². The molecule has 0 saturated heterocycles. The molecular weight excluding hydrogens is 306 g/mol. The molecule has 0 heterocycles. The van der Waals surface area contributed by atoms with Crippen molar-refractivity contribution in [3.05, 3.63) is 59.2 Å². The van der Waals surface area contributed by atoms with E-state index in [0.717, 1.165) is 11.3 Å². The van der Waals surface area contributed by atoms with Gasteiger partial charge in [-0.1, -0.05) is 20.8 Å². The number of methoxy groups -OCH3 is 1. The van der Waals surface area contributed by atoms with Crippen LogP contribution in [0.25, 0.3) is 0 Å². The standard InChI is InChI=1S/C19H21NO4/c1-19(2,3)15-11-13(7-10-16(15)24-4)17(21)20-14-8-5-12(6-9-14)18(22)23/h5-11H,1-4H3,(H,20,21)(H,22,23). The Morgan fingerprint density at radius 2 is 1.58 bits per heavy atom. The fourth-order valence-corrected chi connectivity index (χ4v) is 2.33. The number of ether oxygens (including phenoxy) is 1. The summed E-state index contributed by atoms with van der Waals surface area (Å²) in [5.74, 6) is -0.520. The highest BCUT2D eigenvalue weighted by Crippen LogP contribution is 2.32. The van der Waals surface area contributed by atoms with E-state index < -0.39 is 5.97 Å². The van der Waals surface area contributed by atoms with Gasteiger partial charge >= 0.3 is 5.97 Å². The lowest BCUT2D eigenvalue weighted by Gasteiger charge is -2.22. The van der Waals surface area contributed by atoms with E-state index in [1.54, 1.807) is 31.4 Å². The number of amides is 1. The highest BCUT2D eigenvalue weighted by atomic mass is 16.5. The maximum atomic E-state index is 12.4. The van der Waals surface area contributed by atoms with Gasteiger partial charge in [0.05, 0.1) is 12.7 Å². The molecule has 2 aromatic carbocycles. The summed E-state index contributed by atoms with van der Waals surface area (Å²) < 4.78 is 5.37. The van der Waals surface area contributed by atoms with E-state index in [1.165, 1.54) is 12.1 Å². The molecule has 0 bridgehead atoms. The number of rotatable bonds is 4. The summed E-state index contributed by atoms with van der Waals surface area (Å²) in [7, 11) is 1.61. The van der Waals surface area contributed by atoms with Crippen LogP contribution < -0.4 is 10.1 Å². The molecule has 126 valence electrons. The number of anilines is 1. The van der Waals surface area contributed by atoms with E-state index in [9.17, 15) is 9.59 Å². The Morgan fingerprint density at radius 3 is 2.08 bits per heavy atom. The Kier molecular flexibility index (Phi) is 4.93. The van der Waals surface area contributed by atoms with Crippen LogP contribution in [0.4, 0.5) is 5.69 Å². The van der Waals surface area contributed by atoms with Crippen molar-refractivity contribution < 1.29 is 19.4 Å². The van der Waals surface area contributed by atoms with Crippen molar-refractivity contribution in [3.8, 4) is 5.75 Å². The van der Waals surface area contributed by atoms with Crippen LogP contribution in [-0.4, -0.2) is 24.1 Å². The molecular formula is C19H21NO4. The monoisotopic (exact) mass is 327 g/mol. The van der Waals surface area contributed by atoms with Gasteiger partial charge in [-0.2, -0.15) is 0 Å². The third-order valence-corrected chi connectivity index (χ3v) is 3.66. The van der Waals surface area contributed by atoms with E-state index in [-0.39, 0.29) is 16.9 Å². The van der Waals surface area contributed by atoms with Gasteiger partial charge in [-0.05, 0) is 47.9 Å². The summed E-state index contributed by atoms with van der Waals surface area (Å²) in [6, 6.07) is 11.3. The predicted molar refractivity (Wildman–Crippen MR) is 93.0 cm³/mol. The van der Waals surface area contributed by atoms with Crippen LogP contribution in [0.1, 0.15) is 47.1 Å². The first-order valence-corrected chi connectivity index (χ1v) is 7.55. The maximum Gasteiger partial charge on any atom is 0.335 e. The second-order valence-corrected chi connectivity index (χ2v) is 6.50. The van der Waals surface area contributed by atoms with Gasteiger partial charge in [0, 0.05) is 16.8 Å². The van der Waals surface area contributed by atoms with Crippen LogP contribution in [0.2, 0.25) is 0 Å². The minimum atomic E-state index is -1.00. The second-order valence-electron chi connectivity index (χ2n) is 6.50. The fourth-order valence-electron chi connectivity index (χ4n) is 2.33. The minimum absolute atomic E-state index is 0.162. The number of carbonyl (C=O) groups excluding carboxylic acids is 1. The minimum Gasteiger partial charge on any atom is -0.496 e. The maximum absolute atomic E-state index is 12.4. The molecule has 0 radical (unpaired) electrons. The molecule has 0 atom stereocenters. The lowest BCUT2D eigenvalue weighted by atomic mass is 9.85. The molecule has 0 aromatic heterocycles. The van der Waals surface area contributed by atoms with Gasteiger partial charge in [0.25, 0.3) is 5.91 Å². The van der Waals surface area contributed by atoms with E-state index in [0.29, 0.717) is 11.3 Å². The van der Waals surface area contributed by atoms with Crippen molar-refractivity contribution in [1.29, 1.82) is 0 Å². The van der Waals surface area contributed by atoms with Gasteiger partial charge in [-0.3, -0.25) is 4.79 Å². The average Bonchev–Trinajstić information content (AvgIpc) is 2.53. The van der Waals surface area contributed by atoms with Gasteiger partial charge in [-0.25, -0.2) is 4.79 Å². The summed E-state index contributed by atoms with van der Waals surface area (Å²) in [5, 5.41) is 11.7. The van der Waals surface area contributed by atoms with Gasteiger partial charge in [0.2, 0.25) is 0 Å². The lowest BCUT2D eigenvalue weighted by Crippen LogP contribution is -2.17. The quantitative estimate of drug-likeness (QED) is 0.892. The Balaban J connectivity index is 2.25. The Bertz CT molecular complexity index is 758. The molecule has 0 aliphatic rings. The summed E-state index contributed by atoms with van der Waals surface area (Å²) in [6.45, 7) is 6.16. The smallest absolute Gasteiger partial charge is 0.335 e. The zero-order valence-electron chi connectivity index (χ0n) is 14.2. The molecule has 0 fully saturated rings. The SMILES string of the molecule is COc1ccc(C(=O)Nc2ccc(C(=O)O)cc2)cc1C(C)(C)C. The molecule has 0 aliphatic carbocycles. The number of nitrogens with one attached hydrogen (secondary N) is 1. The van der Waals surface area contributed by atoms with E-state index in [2.05, 4.69) is 26.1 Å². The molecule has 5 nitrogen and oxygen atoms in total. The summed E-state index contributed by atoms with van der Waals surface area (Å²) >= 11 is 0. The van der Waals surface area contributed by atoms with Gasteiger partial charge < -0.3 is 15.2 Å². The first-order chi connectivity index (χ1) is 11.2. The Hall–Kier alpha value is -2.82. The molecule has 5 heteroatoms. The molecule has 0 unspecified atom stereocenters. The van der Waals surface area contributed by atoms with Crippen molar-refractivity contribution in [3.63, 3.8) is 0 Å². The molecule has 2 aromatic rings. The third-order valence-electron chi connectivity index (χ3n) is 3.66. The fraction of sp³-hybridized carbons (Fsp3) is 0.263. The van der Waals surface area contributed by atoms with Crippen molar-refractivity contribution >= 4 is 17.6 Å². The third kappa shape index (κ3) is 3.93. The molecule has 2 N–H and O–H groups in total. The number of carboxylic acids is 1. The van der Waals surface area contributed by atoms with Crippen LogP contribution in [0.5, 0.6) is 5.75 Å². The summed E-state index contributed by atoms with van der Waals surface area (Å²) in [4.78, 5) is 23.3. The summed E-state index contributed by atoms with van der Waals surface area (Å²) in [6.07, 6.45) is 0. The zero-order valence-corrected chi connectivity index (χ0v) is 14.2. The van der Waals surface area contributed by atoms with Crippen LogP contribution in [0.15, 0.2) is 42.5 Å². The van der Waals surface area contributed by atoms with E-state index in [4.69, 9.17) is 9.84 Å². The lowest BCUT2D eigenvalue weighted by molar-refractivity contribution is 0.0696. The van der Waals surface area contributed by atoms with Gasteiger partial charge in [-0.15, -0.1) is 0 Å². The van der Waals surface area contributed by atoms with Crippen LogP contribution in [-0.2, 0) is 5.41 Å². The van der Waals surface area contributed by atoms with Crippen molar-refractivity contribution in [2.45, 2.75) is 26.2 Å². The normalized spacial score (nSPS) is 11.0. The number of carbonyl (C=O) groups is 2. The molecule has 2 rings (SSSR count). The average molecular weight is 327 g/mol. The molecule has 0 spiro atoms. The van der Waals surface area contributed by atoms with E-state index >= 15 is 0 Å². The van der Waals surface area contributed by atoms with Crippen molar-refractivity contribution in [2.24, 2.45) is 0 Å². The van der Waals surface area contributed by atoms with Gasteiger partial charge in [0.1, 0.15) is 5.75 Å². The molecule has 1 amide bonds. The molecule has 24 heavy (non-hydrogen) atoms. The number of aromatic carboxylic acids is 1. The predicted octanol–water partition coefficient (Wildman–Crippen LogP) is 3.94. The number of hydrogen-bond acceptors (Lipinski definition) is 3. The van der Waals surface area contributed by atoms with Crippen molar-refractivity contribution in [1.82, 2.24) is 0 Å². The highest BCUT2D eigenvalue weighted by molar-refractivity contribution is 6.04. The number of benzene rings is 2. The van der Waals surface area contributed by atoms with Crippen LogP contribution in [0, 0.1) is 0 Å². The largest absolute Gasteiger partial charge is 0.496 e. The molecule has 0 saturated carbocycles. The first kappa shape index (κ1) is 17.5. The zero-order chi connectivity index (χ0) is 17.9. The topological polar surface area (TPSA) is 75.6 Å². The second kappa shape index (κ2) is 6.74. The number of carboxylic acid groups (broad SMARTS) is 1. The Morgan fingerprint density at radius 1 is 1.00 bits per heavy atom. The number of hydrogen-bond donors (Lipinski definition) is 2. The highest BCUT2D eigenvalue weighted by Gasteiger charge is 2.20. The van der Waals surface area contributed by atoms with Crippen LogP contribution >= 0.6 is 0 Å². The molecule has 0 aliphatic heterocycles. The summed E-state index contributed by atoms with van der Waals surface area (Å²) in [5.41, 5.74) is 2.01. The van der Waals surface area contributed by atoms with E-state index in [1.807, 2.05) is 6.07 Å². The first-order valence-electron chi connectivity index (χ1n) is 7.55. The van der Waals surface area contributed by atoms with Crippen molar-refractivity contribution in [2.75, 3.05) is 12.4 Å². The van der Waals surface area contributed by atoms with Gasteiger partial charge in [0.15, 0.2) is 0 Å².